The largest absolute Gasteiger partial charge is 0.342 e. The van der Waals surface area contributed by atoms with Crippen LogP contribution in [0.15, 0.2) is 0 Å². The monoisotopic (exact) mass is 194 g/mol. The lowest BCUT2D eigenvalue weighted by Crippen LogP contribution is -2.49. The highest BCUT2D eigenvalue weighted by Gasteiger charge is 2.43. The molecular formula is C11H18N2O. The first-order valence-corrected chi connectivity index (χ1v) is 5.03. The van der Waals surface area contributed by atoms with Gasteiger partial charge in [0, 0.05) is 6.04 Å². The van der Waals surface area contributed by atoms with E-state index in [0.717, 1.165) is 19.3 Å². The molecule has 1 amide bonds. The molecule has 0 bridgehead atoms. The summed E-state index contributed by atoms with van der Waals surface area (Å²) in [6.45, 7) is 3.71. The lowest BCUT2D eigenvalue weighted by atomic mass is 9.84. The van der Waals surface area contributed by atoms with Crippen molar-refractivity contribution in [2.24, 2.45) is 11.1 Å². The molecule has 1 fully saturated rings. The Morgan fingerprint density at radius 2 is 2.43 bits per heavy atom. The van der Waals surface area contributed by atoms with E-state index >= 15 is 0 Å². The standard InChI is InChI=1S/C11H18N2O/c1-4-8(2)13-10(14)11(3)7-5-6-9(11)12/h1,8-9H,5-7,12H2,2-3H3,(H,13,14). The highest BCUT2D eigenvalue weighted by Crippen LogP contribution is 2.36. The van der Waals surface area contributed by atoms with Crippen molar-refractivity contribution in [2.45, 2.75) is 45.2 Å². The highest BCUT2D eigenvalue weighted by atomic mass is 16.2. The van der Waals surface area contributed by atoms with Crippen LogP contribution in [0.25, 0.3) is 0 Å². The third kappa shape index (κ3) is 1.91. The summed E-state index contributed by atoms with van der Waals surface area (Å²) in [4.78, 5) is 11.9. The zero-order valence-electron chi connectivity index (χ0n) is 8.84. The summed E-state index contributed by atoms with van der Waals surface area (Å²) >= 11 is 0. The Labute approximate surface area is 85.4 Å². The predicted molar refractivity (Wildman–Crippen MR) is 56.4 cm³/mol. The van der Waals surface area contributed by atoms with E-state index in [-0.39, 0.29) is 18.0 Å². The van der Waals surface area contributed by atoms with E-state index in [0.29, 0.717) is 0 Å². The van der Waals surface area contributed by atoms with Gasteiger partial charge in [0.05, 0.1) is 11.5 Å². The van der Waals surface area contributed by atoms with E-state index in [2.05, 4.69) is 11.2 Å². The lowest BCUT2D eigenvalue weighted by Gasteiger charge is -2.28. The second kappa shape index (κ2) is 4.02. The predicted octanol–water partition coefficient (Wildman–Crippen LogP) is 0.642. The zero-order valence-corrected chi connectivity index (χ0v) is 8.84. The van der Waals surface area contributed by atoms with Gasteiger partial charge in [-0.15, -0.1) is 6.42 Å². The van der Waals surface area contributed by atoms with E-state index in [1.807, 2.05) is 6.92 Å². The number of hydrogen-bond donors (Lipinski definition) is 2. The molecule has 14 heavy (non-hydrogen) atoms. The van der Waals surface area contributed by atoms with Gasteiger partial charge in [-0.1, -0.05) is 12.3 Å². The fraction of sp³-hybridized carbons (Fsp3) is 0.727. The Kier molecular flexibility index (Phi) is 3.17. The number of hydrogen-bond acceptors (Lipinski definition) is 2. The van der Waals surface area contributed by atoms with Gasteiger partial charge in [0.25, 0.3) is 0 Å². The maximum Gasteiger partial charge on any atom is 0.228 e. The van der Waals surface area contributed by atoms with Crippen LogP contribution in [0.2, 0.25) is 0 Å². The van der Waals surface area contributed by atoms with Gasteiger partial charge in [-0.2, -0.15) is 0 Å². The molecule has 0 aromatic heterocycles. The van der Waals surface area contributed by atoms with Crippen molar-refractivity contribution in [3.05, 3.63) is 0 Å². The first kappa shape index (κ1) is 11.1. The molecule has 0 aromatic rings. The number of carbonyl (C=O) groups excluding carboxylic acids is 1. The van der Waals surface area contributed by atoms with Gasteiger partial charge in [0.1, 0.15) is 0 Å². The summed E-state index contributed by atoms with van der Waals surface area (Å²) in [6, 6.07) is -0.250. The Morgan fingerprint density at radius 3 is 2.86 bits per heavy atom. The Balaban J connectivity index is 2.64. The molecular weight excluding hydrogens is 176 g/mol. The molecule has 1 rings (SSSR count). The van der Waals surface area contributed by atoms with E-state index in [1.54, 1.807) is 6.92 Å². The third-order valence-corrected chi connectivity index (χ3v) is 3.15. The van der Waals surface area contributed by atoms with Gasteiger partial charge in [0.2, 0.25) is 5.91 Å². The molecule has 3 N–H and O–H groups in total. The van der Waals surface area contributed by atoms with Crippen LogP contribution in [-0.2, 0) is 4.79 Å². The number of nitrogens with two attached hydrogens (primary N) is 1. The van der Waals surface area contributed by atoms with Crippen LogP contribution in [0.3, 0.4) is 0 Å². The van der Waals surface area contributed by atoms with Crippen LogP contribution >= 0.6 is 0 Å². The normalized spacial score (nSPS) is 33.4. The summed E-state index contributed by atoms with van der Waals surface area (Å²) in [7, 11) is 0. The van der Waals surface area contributed by atoms with Gasteiger partial charge in [-0.3, -0.25) is 4.79 Å². The molecule has 1 aliphatic carbocycles. The second-order valence-electron chi connectivity index (χ2n) is 4.28. The molecule has 1 saturated carbocycles. The van der Waals surface area contributed by atoms with Crippen molar-refractivity contribution < 1.29 is 4.79 Å². The molecule has 3 atom stereocenters. The Morgan fingerprint density at radius 1 is 1.79 bits per heavy atom. The summed E-state index contributed by atoms with van der Waals surface area (Å²) in [6.07, 6.45) is 8.01. The first-order valence-electron chi connectivity index (χ1n) is 5.03. The number of carbonyl (C=O) groups is 1. The highest BCUT2D eigenvalue weighted by molar-refractivity contribution is 5.84. The number of rotatable bonds is 2. The summed E-state index contributed by atoms with van der Waals surface area (Å²) in [5.74, 6) is 2.47. The van der Waals surface area contributed by atoms with Crippen LogP contribution in [0.4, 0.5) is 0 Å². The number of terminal acetylenes is 1. The van der Waals surface area contributed by atoms with Crippen molar-refractivity contribution in [3.8, 4) is 12.3 Å². The average Bonchev–Trinajstić information content (AvgIpc) is 2.48. The van der Waals surface area contributed by atoms with Crippen LogP contribution < -0.4 is 11.1 Å². The van der Waals surface area contributed by atoms with Gasteiger partial charge < -0.3 is 11.1 Å². The zero-order chi connectivity index (χ0) is 10.8. The van der Waals surface area contributed by atoms with E-state index in [9.17, 15) is 4.79 Å². The maximum atomic E-state index is 11.9. The molecule has 0 aliphatic heterocycles. The van der Waals surface area contributed by atoms with Crippen molar-refractivity contribution >= 4 is 5.91 Å². The summed E-state index contributed by atoms with van der Waals surface area (Å²) < 4.78 is 0. The minimum Gasteiger partial charge on any atom is -0.342 e. The van der Waals surface area contributed by atoms with Gasteiger partial charge >= 0.3 is 0 Å². The van der Waals surface area contributed by atoms with Gasteiger partial charge in [-0.05, 0) is 26.7 Å². The molecule has 0 heterocycles. The molecule has 3 unspecified atom stereocenters. The third-order valence-electron chi connectivity index (χ3n) is 3.15. The Hall–Kier alpha value is -1.01. The fourth-order valence-electron chi connectivity index (χ4n) is 1.88. The smallest absolute Gasteiger partial charge is 0.228 e. The fourth-order valence-corrected chi connectivity index (χ4v) is 1.88. The van der Waals surface area contributed by atoms with Gasteiger partial charge in [0.15, 0.2) is 0 Å². The van der Waals surface area contributed by atoms with E-state index in [4.69, 9.17) is 12.2 Å². The van der Waals surface area contributed by atoms with Crippen molar-refractivity contribution in [3.63, 3.8) is 0 Å². The lowest BCUT2D eigenvalue weighted by molar-refractivity contribution is -0.130. The average molecular weight is 194 g/mol. The quantitative estimate of drug-likeness (QED) is 0.634. The SMILES string of the molecule is C#CC(C)NC(=O)C1(C)CCCC1N. The minimum atomic E-state index is -0.425. The van der Waals surface area contributed by atoms with Crippen molar-refractivity contribution in [2.75, 3.05) is 0 Å². The molecule has 1 aliphatic rings. The van der Waals surface area contributed by atoms with E-state index < -0.39 is 5.41 Å². The number of nitrogens with one attached hydrogen (secondary N) is 1. The van der Waals surface area contributed by atoms with Crippen LogP contribution in [0.5, 0.6) is 0 Å². The molecule has 3 nitrogen and oxygen atoms in total. The maximum absolute atomic E-state index is 11.9. The Bertz CT molecular complexity index is 269. The molecule has 0 saturated heterocycles. The minimum absolute atomic E-state index is 0.00653. The van der Waals surface area contributed by atoms with E-state index in [1.165, 1.54) is 0 Å². The van der Waals surface area contributed by atoms with Crippen molar-refractivity contribution in [1.82, 2.24) is 5.32 Å². The van der Waals surface area contributed by atoms with Crippen LogP contribution in [0, 0.1) is 17.8 Å². The van der Waals surface area contributed by atoms with Crippen LogP contribution in [-0.4, -0.2) is 18.0 Å². The second-order valence-corrected chi connectivity index (χ2v) is 4.28. The van der Waals surface area contributed by atoms with Gasteiger partial charge in [-0.25, -0.2) is 0 Å². The first-order chi connectivity index (χ1) is 6.50. The van der Waals surface area contributed by atoms with Crippen molar-refractivity contribution in [1.29, 1.82) is 0 Å². The van der Waals surface area contributed by atoms with Crippen LogP contribution in [0.1, 0.15) is 33.1 Å². The molecule has 0 aromatic carbocycles. The summed E-state index contributed by atoms with van der Waals surface area (Å²) in [5.41, 5.74) is 5.49. The summed E-state index contributed by atoms with van der Waals surface area (Å²) in [5, 5.41) is 2.79. The molecule has 3 heteroatoms. The number of amides is 1. The molecule has 78 valence electrons. The molecule has 0 spiro atoms. The topological polar surface area (TPSA) is 55.1 Å². The molecule has 0 radical (unpaired) electrons.